The highest BCUT2D eigenvalue weighted by Gasteiger charge is 2.18. The maximum absolute atomic E-state index is 5.03. The number of nitrogens with zero attached hydrogens (tertiary/aromatic N) is 2. The Morgan fingerprint density at radius 2 is 2.29 bits per heavy atom. The van der Waals surface area contributed by atoms with E-state index in [2.05, 4.69) is 29.1 Å². The number of ether oxygens (including phenoxy) is 1. The molecule has 1 atom stereocenters. The molecule has 102 valence electrons. The van der Waals surface area contributed by atoms with Crippen LogP contribution in [0.5, 0.6) is 0 Å². The van der Waals surface area contributed by atoms with E-state index in [0.29, 0.717) is 6.61 Å². The lowest BCUT2D eigenvalue weighted by atomic mass is 10.0. The van der Waals surface area contributed by atoms with Crippen molar-refractivity contribution in [2.75, 3.05) is 39.9 Å². The number of hydrogen-bond donors (Lipinski definition) is 1. The number of halogens is 1. The van der Waals surface area contributed by atoms with E-state index >= 15 is 0 Å². The normalized spacial score (nSPS) is 21.0. The Bertz CT molecular complexity index is 224. The number of piperidine rings is 1. The van der Waals surface area contributed by atoms with Crippen molar-refractivity contribution in [3.8, 4) is 0 Å². The van der Waals surface area contributed by atoms with Crippen LogP contribution in [0.1, 0.15) is 26.7 Å². The molecule has 0 bridgehead atoms. The number of nitrogens with one attached hydrogen (secondary N) is 1. The van der Waals surface area contributed by atoms with Crippen LogP contribution in [0.15, 0.2) is 4.99 Å². The SMILES string of the molecule is CCNC(=NCCOC)N1CCCC(C)C1.I. The lowest BCUT2D eigenvalue weighted by molar-refractivity contribution is 0.206. The summed E-state index contributed by atoms with van der Waals surface area (Å²) >= 11 is 0. The monoisotopic (exact) mass is 355 g/mol. The Balaban J connectivity index is 0.00000256. The smallest absolute Gasteiger partial charge is 0.194 e. The van der Waals surface area contributed by atoms with Crippen LogP contribution in [0.2, 0.25) is 0 Å². The topological polar surface area (TPSA) is 36.9 Å². The molecule has 5 heteroatoms. The van der Waals surface area contributed by atoms with Crippen molar-refractivity contribution in [1.82, 2.24) is 10.2 Å². The first-order valence-electron chi connectivity index (χ1n) is 6.30. The number of aliphatic imine (C=N–C) groups is 1. The molecule has 1 unspecified atom stereocenters. The molecule has 0 amide bonds. The molecule has 0 aliphatic carbocycles. The van der Waals surface area contributed by atoms with Gasteiger partial charge in [0.05, 0.1) is 13.2 Å². The third-order valence-corrected chi connectivity index (χ3v) is 2.85. The van der Waals surface area contributed by atoms with Gasteiger partial charge in [0.25, 0.3) is 0 Å². The van der Waals surface area contributed by atoms with Gasteiger partial charge in [0.15, 0.2) is 5.96 Å². The van der Waals surface area contributed by atoms with Crippen molar-refractivity contribution in [2.24, 2.45) is 10.9 Å². The molecule has 1 fully saturated rings. The van der Waals surface area contributed by atoms with Crippen molar-refractivity contribution in [3.63, 3.8) is 0 Å². The van der Waals surface area contributed by atoms with Gasteiger partial charge in [-0.3, -0.25) is 4.99 Å². The predicted octanol–water partition coefficient (Wildman–Crippen LogP) is 1.95. The van der Waals surface area contributed by atoms with Gasteiger partial charge < -0.3 is 15.0 Å². The van der Waals surface area contributed by atoms with Gasteiger partial charge >= 0.3 is 0 Å². The summed E-state index contributed by atoms with van der Waals surface area (Å²) in [6, 6.07) is 0. The Labute approximate surface area is 122 Å². The van der Waals surface area contributed by atoms with Gasteiger partial charge in [-0.15, -0.1) is 24.0 Å². The van der Waals surface area contributed by atoms with E-state index in [1.807, 2.05) is 0 Å². The lowest BCUT2D eigenvalue weighted by Crippen LogP contribution is -2.46. The Morgan fingerprint density at radius 1 is 1.53 bits per heavy atom. The van der Waals surface area contributed by atoms with E-state index in [1.54, 1.807) is 7.11 Å². The number of methoxy groups -OCH3 is 1. The second-order valence-electron chi connectivity index (χ2n) is 4.42. The van der Waals surface area contributed by atoms with Crippen molar-refractivity contribution in [2.45, 2.75) is 26.7 Å². The maximum Gasteiger partial charge on any atom is 0.194 e. The molecule has 1 heterocycles. The molecular weight excluding hydrogens is 329 g/mol. The van der Waals surface area contributed by atoms with Gasteiger partial charge in [0, 0.05) is 26.7 Å². The third kappa shape index (κ3) is 6.45. The summed E-state index contributed by atoms with van der Waals surface area (Å²) in [7, 11) is 1.71. The zero-order valence-corrected chi connectivity index (χ0v) is 13.6. The first kappa shape index (κ1) is 17.0. The highest BCUT2D eigenvalue weighted by Crippen LogP contribution is 2.15. The Hall–Kier alpha value is -0.0400. The largest absolute Gasteiger partial charge is 0.383 e. The first-order valence-corrected chi connectivity index (χ1v) is 6.30. The predicted molar refractivity (Wildman–Crippen MR) is 83.2 cm³/mol. The van der Waals surface area contributed by atoms with Gasteiger partial charge in [-0.1, -0.05) is 6.92 Å². The minimum Gasteiger partial charge on any atom is -0.383 e. The lowest BCUT2D eigenvalue weighted by Gasteiger charge is -2.33. The molecule has 0 radical (unpaired) electrons. The molecule has 1 aliphatic rings. The fourth-order valence-corrected chi connectivity index (χ4v) is 2.05. The quantitative estimate of drug-likeness (QED) is 0.363. The average Bonchev–Trinajstić information content (AvgIpc) is 2.28. The molecule has 0 aromatic rings. The summed E-state index contributed by atoms with van der Waals surface area (Å²) in [5, 5.41) is 3.35. The van der Waals surface area contributed by atoms with Crippen LogP contribution in [-0.4, -0.2) is 50.8 Å². The van der Waals surface area contributed by atoms with Crippen molar-refractivity contribution in [3.05, 3.63) is 0 Å². The molecule has 1 saturated heterocycles. The van der Waals surface area contributed by atoms with Crippen LogP contribution >= 0.6 is 24.0 Å². The van der Waals surface area contributed by atoms with Crippen LogP contribution in [0.3, 0.4) is 0 Å². The average molecular weight is 355 g/mol. The summed E-state index contributed by atoms with van der Waals surface area (Å²) in [6.07, 6.45) is 2.61. The highest BCUT2D eigenvalue weighted by atomic mass is 127. The van der Waals surface area contributed by atoms with Gasteiger partial charge in [-0.05, 0) is 25.7 Å². The molecule has 0 aromatic carbocycles. The zero-order valence-electron chi connectivity index (χ0n) is 11.2. The fraction of sp³-hybridized carbons (Fsp3) is 0.917. The van der Waals surface area contributed by atoms with Crippen LogP contribution in [0.4, 0.5) is 0 Å². The second kappa shape index (κ2) is 9.94. The Morgan fingerprint density at radius 3 is 2.88 bits per heavy atom. The fourth-order valence-electron chi connectivity index (χ4n) is 2.05. The van der Waals surface area contributed by atoms with Gasteiger partial charge in [-0.2, -0.15) is 0 Å². The summed E-state index contributed by atoms with van der Waals surface area (Å²) in [6.45, 7) is 9.03. The van der Waals surface area contributed by atoms with Crippen molar-refractivity contribution >= 4 is 29.9 Å². The van der Waals surface area contributed by atoms with Crippen molar-refractivity contribution < 1.29 is 4.74 Å². The number of guanidine groups is 1. The molecular formula is C12H26IN3O. The molecule has 4 nitrogen and oxygen atoms in total. The molecule has 17 heavy (non-hydrogen) atoms. The van der Waals surface area contributed by atoms with E-state index in [9.17, 15) is 0 Å². The van der Waals surface area contributed by atoms with Crippen LogP contribution in [-0.2, 0) is 4.74 Å². The molecule has 0 aromatic heterocycles. The Kier molecular flexibility index (Phi) is 9.91. The first-order chi connectivity index (χ1) is 7.77. The number of rotatable bonds is 4. The number of likely N-dealkylation sites (tertiary alicyclic amines) is 1. The summed E-state index contributed by atoms with van der Waals surface area (Å²) in [4.78, 5) is 6.94. The summed E-state index contributed by atoms with van der Waals surface area (Å²) < 4.78 is 5.03. The van der Waals surface area contributed by atoms with Crippen LogP contribution < -0.4 is 5.32 Å². The van der Waals surface area contributed by atoms with Gasteiger partial charge in [0.1, 0.15) is 0 Å². The minimum absolute atomic E-state index is 0. The van der Waals surface area contributed by atoms with Gasteiger partial charge in [-0.25, -0.2) is 0 Å². The minimum atomic E-state index is 0. The maximum atomic E-state index is 5.03. The van der Waals surface area contributed by atoms with E-state index in [0.717, 1.165) is 38.1 Å². The molecule has 1 aliphatic heterocycles. The second-order valence-corrected chi connectivity index (χ2v) is 4.42. The molecule has 0 saturated carbocycles. The highest BCUT2D eigenvalue weighted by molar-refractivity contribution is 14.0. The molecule has 0 spiro atoms. The summed E-state index contributed by atoms with van der Waals surface area (Å²) in [5.74, 6) is 1.83. The van der Waals surface area contributed by atoms with Crippen LogP contribution in [0.25, 0.3) is 0 Å². The summed E-state index contributed by atoms with van der Waals surface area (Å²) in [5.41, 5.74) is 0. The van der Waals surface area contributed by atoms with E-state index in [4.69, 9.17) is 4.74 Å². The third-order valence-electron chi connectivity index (χ3n) is 2.85. The van der Waals surface area contributed by atoms with E-state index < -0.39 is 0 Å². The van der Waals surface area contributed by atoms with E-state index in [-0.39, 0.29) is 24.0 Å². The molecule has 1 rings (SSSR count). The van der Waals surface area contributed by atoms with Gasteiger partial charge in [0.2, 0.25) is 0 Å². The molecule has 1 N–H and O–H groups in total. The standard InChI is InChI=1S/C12H25N3O.HI/c1-4-13-12(14-7-9-16-3)15-8-5-6-11(2)10-15;/h11H,4-10H2,1-3H3,(H,13,14);1H. The van der Waals surface area contributed by atoms with E-state index in [1.165, 1.54) is 12.8 Å². The van der Waals surface area contributed by atoms with Crippen molar-refractivity contribution in [1.29, 1.82) is 0 Å². The zero-order chi connectivity index (χ0) is 11.8. The number of hydrogen-bond acceptors (Lipinski definition) is 2. The van der Waals surface area contributed by atoms with Crippen LogP contribution in [0, 0.1) is 5.92 Å².